The van der Waals surface area contributed by atoms with Crippen LogP contribution in [-0.4, -0.2) is 51.3 Å². The van der Waals surface area contributed by atoms with Crippen LogP contribution in [0.3, 0.4) is 0 Å². The Balaban J connectivity index is 1.33. The summed E-state index contributed by atoms with van der Waals surface area (Å²) in [6.07, 6.45) is 5.26. The van der Waals surface area contributed by atoms with Crippen molar-refractivity contribution in [2.24, 2.45) is 0 Å². The summed E-state index contributed by atoms with van der Waals surface area (Å²) < 4.78 is 1.56. The number of thiazole rings is 1. The Morgan fingerprint density at radius 3 is 2.82 bits per heavy atom. The van der Waals surface area contributed by atoms with E-state index in [2.05, 4.69) is 16.0 Å². The summed E-state index contributed by atoms with van der Waals surface area (Å²) in [6, 6.07) is 9.68. The van der Waals surface area contributed by atoms with Crippen molar-refractivity contribution >= 4 is 28.3 Å². The van der Waals surface area contributed by atoms with Crippen LogP contribution in [0.4, 0.5) is 0 Å². The molecule has 1 fully saturated rings. The third kappa shape index (κ3) is 4.21. The predicted molar refractivity (Wildman–Crippen MR) is 111 cm³/mol. The van der Waals surface area contributed by atoms with E-state index in [9.17, 15) is 9.59 Å². The van der Waals surface area contributed by atoms with Gasteiger partial charge in [0.15, 0.2) is 4.96 Å². The van der Waals surface area contributed by atoms with E-state index in [1.807, 2.05) is 41.5 Å². The Hall–Kier alpha value is -2.77. The van der Waals surface area contributed by atoms with Gasteiger partial charge in [0, 0.05) is 56.4 Å². The first-order valence-corrected chi connectivity index (χ1v) is 10.2. The number of aromatic nitrogens is 2. The summed E-state index contributed by atoms with van der Waals surface area (Å²) in [5, 5.41) is 1.86. The minimum Gasteiger partial charge on any atom is -0.337 e. The second-order valence-electron chi connectivity index (χ2n) is 6.99. The van der Waals surface area contributed by atoms with Crippen LogP contribution in [0.5, 0.6) is 0 Å². The molecule has 0 spiro atoms. The Labute approximate surface area is 167 Å². The maximum absolute atomic E-state index is 12.4. The first kappa shape index (κ1) is 18.6. The van der Waals surface area contributed by atoms with Gasteiger partial charge in [-0.3, -0.25) is 18.9 Å². The van der Waals surface area contributed by atoms with Crippen molar-refractivity contribution in [1.82, 2.24) is 19.2 Å². The minimum absolute atomic E-state index is 0.0394. The van der Waals surface area contributed by atoms with Gasteiger partial charge in [-0.15, -0.1) is 11.3 Å². The zero-order chi connectivity index (χ0) is 19.5. The van der Waals surface area contributed by atoms with E-state index in [0.29, 0.717) is 19.6 Å². The third-order valence-corrected chi connectivity index (χ3v) is 5.64. The second kappa shape index (κ2) is 8.08. The van der Waals surface area contributed by atoms with Crippen molar-refractivity contribution in [1.29, 1.82) is 0 Å². The Bertz CT molecular complexity index is 1080. The van der Waals surface area contributed by atoms with E-state index in [1.54, 1.807) is 22.7 Å². The molecule has 1 amide bonds. The Morgan fingerprint density at radius 1 is 1.21 bits per heavy atom. The second-order valence-corrected chi connectivity index (χ2v) is 7.86. The molecule has 0 saturated carbocycles. The average Bonchev–Trinajstić information content (AvgIpc) is 3.16. The molecule has 0 N–H and O–H groups in total. The lowest BCUT2D eigenvalue weighted by Gasteiger charge is -2.34. The molecule has 7 heteroatoms. The molecular weight excluding hydrogens is 372 g/mol. The highest BCUT2D eigenvalue weighted by atomic mass is 32.1. The fourth-order valence-electron chi connectivity index (χ4n) is 3.37. The molecule has 1 aliphatic rings. The van der Waals surface area contributed by atoms with Gasteiger partial charge in [-0.1, -0.05) is 29.8 Å². The summed E-state index contributed by atoms with van der Waals surface area (Å²) in [5.41, 5.74) is 2.95. The third-order valence-electron chi connectivity index (χ3n) is 4.89. The molecule has 4 rings (SSSR count). The van der Waals surface area contributed by atoms with Gasteiger partial charge in [0.1, 0.15) is 0 Å². The van der Waals surface area contributed by atoms with E-state index in [0.717, 1.165) is 29.3 Å². The maximum atomic E-state index is 12.4. The number of hydrogen-bond donors (Lipinski definition) is 0. The summed E-state index contributed by atoms with van der Waals surface area (Å²) in [6.45, 7) is 5.57. The number of nitrogens with zero attached hydrogens (tertiary/aromatic N) is 4. The van der Waals surface area contributed by atoms with Crippen LogP contribution in [-0.2, 0) is 11.3 Å². The van der Waals surface area contributed by atoms with E-state index in [4.69, 9.17) is 0 Å². The van der Waals surface area contributed by atoms with Crippen LogP contribution >= 0.6 is 11.3 Å². The number of benzene rings is 1. The summed E-state index contributed by atoms with van der Waals surface area (Å²) in [5.74, 6) is 0.0394. The zero-order valence-corrected chi connectivity index (χ0v) is 16.6. The fraction of sp³-hybridized carbons (Fsp3) is 0.286. The minimum atomic E-state index is -0.0450. The topological polar surface area (TPSA) is 57.9 Å². The first-order valence-electron chi connectivity index (χ1n) is 9.30. The van der Waals surface area contributed by atoms with E-state index in [-0.39, 0.29) is 11.5 Å². The highest BCUT2D eigenvalue weighted by Crippen LogP contribution is 2.11. The standard InChI is InChI=1S/C21H22N4O2S/c1-16-3-2-4-17(13-16)5-6-19(26)24-9-7-23(8-10-24)15-18-14-20(27)25-11-12-28-21(25)22-18/h2-6,11-14H,7-10,15H2,1H3/b6-5+. The molecule has 6 nitrogen and oxygen atoms in total. The van der Waals surface area contributed by atoms with Crippen molar-refractivity contribution in [3.8, 4) is 0 Å². The fourth-order valence-corrected chi connectivity index (χ4v) is 4.11. The van der Waals surface area contributed by atoms with Crippen molar-refractivity contribution in [3.05, 3.63) is 75.2 Å². The zero-order valence-electron chi connectivity index (χ0n) is 15.7. The molecule has 28 heavy (non-hydrogen) atoms. The van der Waals surface area contributed by atoms with Crippen LogP contribution in [0, 0.1) is 6.92 Å². The van der Waals surface area contributed by atoms with Crippen LogP contribution in [0.15, 0.2) is 52.8 Å². The lowest BCUT2D eigenvalue weighted by Crippen LogP contribution is -2.48. The van der Waals surface area contributed by atoms with Crippen LogP contribution in [0.1, 0.15) is 16.8 Å². The SMILES string of the molecule is Cc1cccc(/C=C/C(=O)N2CCN(Cc3cc(=O)n4ccsc4n3)CC2)c1. The number of fused-ring (bicyclic) bond motifs is 1. The lowest BCUT2D eigenvalue weighted by molar-refractivity contribution is -0.127. The molecule has 3 aromatic rings. The van der Waals surface area contributed by atoms with Gasteiger partial charge < -0.3 is 4.90 Å². The summed E-state index contributed by atoms with van der Waals surface area (Å²) >= 11 is 1.46. The number of hydrogen-bond acceptors (Lipinski definition) is 5. The average molecular weight is 395 g/mol. The van der Waals surface area contributed by atoms with E-state index >= 15 is 0 Å². The molecule has 0 unspecified atom stereocenters. The molecule has 1 aliphatic heterocycles. The number of carbonyl (C=O) groups excluding carboxylic acids is 1. The van der Waals surface area contributed by atoms with Gasteiger partial charge in [0.05, 0.1) is 5.69 Å². The van der Waals surface area contributed by atoms with Gasteiger partial charge >= 0.3 is 0 Å². The Kier molecular flexibility index (Phi) is 5.36. The smallest absolute Gasteiger partial charge is 0.258 e. The number of amides is 1. The maximum Gasteiger partial charge on any atom is 0.258 e. The largest absolute Gasteiger partial charge is 0.337 e. The lowest BCUT2D eigenvalue weighted by atomic mass is 10.1. The molecule has 1 saturated heterocycles. The van der Waals surface area contributed by atoms with Crippen molar-refractivity contribution in [2.45, 2.75) is 13.5 Å². The molecule has 1 aromatic carbocycles. The van der Waals surface area contributed by atoms with Crippen molar-refractivity contribution in [3.63, 3.8) is 0 Å². The molecule has 2 aromatic heterocycles. The molecule has 144 valence electrons. The van der Waals surface area contributed by atoms with Gasteiger partial charge in [-0.25, -0.2) is 4.98 Å². The monoisotopic (exact) mass is 394 g/mol. The van der Waals surface area contributed by atoms with Crippen molar-refractivity contribution in [2.75, 3.05) is 26.2 Å². The predicted octanol–water partition coefficient (Wildman–Crippen LogP) is 2.42. The number of piperazine rings is 1. The van der Waals surface area contributed by atoms with Gasteiger partial charge in [-0.2, -0.15) is 0 Å². The summed E-state index contributed by atoms with van der Waals surface area (Å²) in [7, 11) is 0. The highest BCUT2D eigenvalue weighted by molar-refractivity contribution is 7.15. The molecule has 0 atom stereocenters. The normalized spacial score (nSPS) is 15.5. The van der Waals surface area contributed by atoms with Crippen LogP contribution in [0.2, 0.25) is 0 Å². The molecule has 0 aliphatic carbocycles. The molecule has 0 radical (unpaired) electrons. The molecular formula is C21H22N4O2S. The number of aryl methyl sites for hydroxylation is 1. The number of rotatable bonds is 4. The first-order chi connectivity index (χ1) is 13.6. The van der Waals surface area contributed by atoms with Gasteiger partial charge in [-0.05, 0) is 18.6 Å². The van der Waals surface area contributed by atoms with Crippen molar-refractivity contribution < 1.29 is 4.79 Å². The summed E-state index contributed by atoms with van der Waals surface area (Å²) in [4.78, 5) is 33.9. The van der Waals surface area contributed by atoms with Crippen LogP contribution in [0.25, 0.3) is 11.0 Å². The van der Waals surface area contributed by atoms with Gasteiger partial charge in [0.25, 0.3) is 5.56 Å². The van der Waals surface area contributed by atoms with Crippen LogP contribution < -0.4 is 5.56 Å². The van der Waals surface area contributed by atoms with E-state index in [1.165, 1.54) is 16.9 Å². The number of carbonyl (C=O) groups is 1. The van der Waals surface area contributed by atoms with E-state index < -0.39 is 0 Å². The molecule has 0 bridgehead atoms. The highest BCUT2D eigenvalue weighted by Gasteiger charge is 2.20. The quantitative estimate of drug-likeness (QED) is 0.638. The van der Waals surface area contributed by atoms with Gasteiger partial charge in [0.2, 0.25) is 5.91 Å². The Morgan fingerprint density at radius 2 is 2.04 bits per heavy atom. The molecule has 3 heterocycles.